The zero-order chi connectivity index (χ0) is 15.5. The van der Waals surface area contributed by atoms with Crippen molar-refractivity contribution in [2.75, 3.05) is 19.7 Å². The lowest BCUT2D eigenvalue weighted by atomic mass is 9.96. The maximum absolute atomic E-state index is 9.05. The summed E-state index contributed by atoms with van der Waals surface area (Å²) >= 11 is 0. The third-order valence-corrected chi connectivity index (χ3v) is 3.57. The lowest BCUT2D eigenvalue weighted by Crippen LogP contribution is -2.15. The molecule has 0 fully saturated rings. The van der Waals surface area contributed by atoms with Gasteiger partial charge in [-0.15, -0.1) is 0 Å². The summed E-state index contributed by atoms with van der Waals surface area (Å²) in [6, 6.07) is 0. The Bertz CT molecular complexity index is 144. The van der Waals surface area contributed by atoms with Crippen molar-refractivity contribution in [1.29, 1.82) is 0 Å². The van der Waals surface area contributed by atoms with Gasteiger partial charge in [0.05, 0.1) is 0 Å². The van der Waals surface area contributed by atoms with Crippen molar-refractivity contribution in [2.24, 2.45) is 5.92 Å². The largest absolute Gasteiger partial charge is 0.396 e. The first-order valence-corrected chi connectivity index (χ1v) is 9.08. The Morgan fingerprint density at radius 3 is 1.80 bits per heavy atom. The Morgan fingerprint density at radius 1 is 0.700 bits per heavy atom. The SMILES string of the molecule is CCCCCC(CO)CCCC.CCCCNCCC. The highest BCUT2D eigenvalue weighted by atomic mass is 16.3. The van der Waals surface area contributed by atoms with Crippen molar-refractivity contribution in [3.63, 3.8) is 0 Å². The number of hydrogen-bond acceptors (Lipinski definition) is 2. The van der Waals surface area contributed by atoms with Gasteiger partial charge < -0.3 is 10.4 Å². The van der Waals surface area contributed by atoms with E-state index in [1.807, 2.05) is 0 Å². The quantitative estimate of drug-likeness (QED) is 0.459. The molecule has 2 N–H and O–H groups in total. The number of rotatable bonds is 13. The topological polar surface area (TPSA) is 32.3 Å². The molecule has 0 aliphatic rings. The minimum Gasteiger partial charge on any atom is -0.396 e. The van der Waals surface area contributed by atoms with Crippen LogP contribution < -0.4 is 5.32 Å². The molecule has 0 aromatic heterocycles. The molecule has 124 valence electrons. The second-order valence-corrected chi connectivity index (χ2v) is 5.79. The van der Waals surface area contributed by atoms with Crippen LogP contribution >= 0.6 is 0 Å². The Labute approximate surface area is 128 Å². The Kier molecular flexibility index (Phi) is 23.6. The summed E-state index contributed by atoms with van der Waals surface area (Å²) in [5.41, 5.74) is 0. The van der Waals surface area contributed by atoms with Crippen LogP contribution in [0.1, 0.15) is 91.9 Å². The Hall–Kier alpha value is -0.0800. The van der Waals surface area contributed by atoms with Gasteiger partial charge in [0.25, 0.3) is 0 Å². The number of hydrogen-bond donors (Lipinski definition) is 2. The number of aliphatic hydroxyl groups is 1. The van der Waals surface area contributed by atoms with Gasteiger partial charge in [-0.05, 0) is 44.7 Å². The fourth-order valence-corrected chi connectivity index (χ4v) is 2.11. The van der Waals surface area contributed by atoms with Crippen molar-refractivity contribution in [3.8, 4) is 0 Å². The average Bonchev–Trinajstić information content (AvgIpc) is 2.48. The number of aliphatic hydroxyl groups excluding tert-OH is 1. The molecule has 0 aromatic carbocycles. The molecular formula is C18H41NO. The van der Waals surface area contributed by atoms with E-state index in [1.54, 1.807) is 0 Å². The molecule has 0 aliphatic carbocycles. The van der Waals surface area contributed by atoms with E-state index >= 15 is 0 Å². The fourth-order valence-electron chi connectivity index (χ4n) is 2.11. The van der Waals surface area contributed by atoms with Gasteiger partial charge >= 0.3 is 0 Å². The summed E-state index contributed by atoms with van der Waals surface area (Å²) < 4.78 is 0. The lowest BCUT2D eigenvalue weighted by Gasteiger charge is -2.12. The van der Waals surface area contributed by atoms with Crippen molar-refractivity contribution >= 4 is 0 Å². The molecule has 0 aliphatic heterocycles. The second-order valence-electron chi connectivity index (χ2n) is 5.79. The number of unbranched alkanes of at least 4 members (excludes halogenated alkanes) is 4. The normalized spacial score (nSPS) is 11.8. The molecule has 20 heavy (non-hydrogen) atoms. The van der Waals surface area contributed by atoms with Gasteiger partial charge in [-0.1, -0.05) is 66.2 Å². The zero-order valence-electron chi connectivity index (χ0n) is 14.7. The molecule has 1 unspecified atom stereocenters. The fraction of sp³-hybridized carbons (Fsp3) is 1.00. The first kappa shape index (κ1) is 22.2. The summed E-state index contributed by atoms with van der Waals surface area (Å²) in [5, 5.41) is 12.4. The first-order chi connectivity index (χ1) is 9.76. The lowest BCUT2D eigenvalue weighted by molar-refractivity contribution is 0.205. The molecular weight excluding hydrogens is 246 g/mol. The zero-order valence-corrected chi connectivity index (χ0v) is 14.7. The van der Waals surface area contributed by atoms with Gasteiger partial charge in [-0.2, -0.15) is 0 Å². The Balaban J connectivity index is 0. The molecule has 0 heterocycles. The van der Waals surface area contributed by atoms with E-state index in [1.165, 1.54) is 77.3 Å². The van der Waals surface area contributed by atoms with Crippen LogP contribution in [0.4, 0.5) is 0 Å². The highest BCUT2D eigenvalue weighted by Gasteiger charge is 2.05. The van der Waals surface area contributed by atoms with E-state index in [4.69, 9.17) is 5.11 Å². The molecule has 0 spiro atoms. The van der Waals surface area contributed by atoms with Gasteiger partial charge in [0, 0.05) is 6.61 Å². The summed E-state index contributed by atoms with van der Waals surface area (Å²) in [7, 11) is 0. The van der Waals surface area contributed by atoms with Crippen molar-refractivity contribution in [1.82, 2.24) is 5.32 Å². The molecule has 0 aromatic rings. The van der Waals surface area contributed by atoms with Crippen LogP contribution in [0.2, 0.25) is 0 Å². The number of nitrogens with one attached hydrogen (secondary N) is 1. The van der Waals surface area contributed by atoms with E-state index < -0.39 is 0 Å². The summed E-state index contributed by atoms with van der Waals surface area (Å²) in [4.78, 5) is 0. The smallest absolute Gasteiger partial charge is 0.0459 e. The van der Waals surface area contributed by atoms with Crippen LogP contribution in [0.3, 0.4) is 0 Å². The predicted molar refractivity (Wildman–Crippen MR) is 92.3 cm³/mol. The van der Waals surface area contributed by atoms with E-state index in [0.29, 0.717) is 12.5 Å². The molecule has 0 radical (unpaired) electrons. The molecule has 2 nitrogen and oxygen atoms in total. The monoisotopic (exact) mass is 287 g/mol. The molecule has 0 rings (SSSR count). The van der Waals surface area contributed by atoms with Crippen molar-refractivity contribution in [2.45, 2.75) is 91.9 Å². The van der Waals surface area contributed by atoms with Crippen LogP contribution in [0.25, 0.3) is 0 Å². The summed E-state index contributed by atoms with van der Waals surface area (Å²) in [6.45, 7) is 11.6. The third-order valence-electron chi connectivity index (χ3n) is 3.57. The average molecular weight is 288 g/mol. The van der Waals surface area contributed by atoms with E-state index in [2.05, 4.69) is 33.0 Å². The maximum Gasteiger partial charge on any atom is 0.0459 e. The van der Waals surface area contributed by atoms with Crippen LogP contribution in [-0.4, -0.2) is 24.8 Å². The second kappa shape index (κ2) is 21.2. The van der Waals surface area contributed by atoms with Crippen LogP contribution in [0.5, 0.6) is 0 Å². The minimum absolute atomic E-state index is 0.393. The molecule has 1 atom stereocenters. The molecule has 0 amide bonds. The standard InChI is InChI=1S/C11H24O.C7H17N/c1-3-5-7-9-11(10-12)8-6-4-2;1-3-5-7-8-6-4-2/h11-12H,3-10H2,1-2H3;8H,3-7H2,1-2H3. The van der Waals surface area contributed by atoms with Gasteiger partial charge in [0.15, 0.2) is 0 Å². The van der Waals surface area contributed by atoms with Crippen molar-refractivity contribution < 1.29 is 5.11 Å². The maximum atomic E-state index is 9.05. The first-order valence-electron chi connectivity index (χ1n) is 9.08. The summed E-state index contributed by atoms with van der Waals surface area (Å²) in [5.74, 6) is 0.580. The summed E-state index contributed by atoms with van der Waals surface area (Å²) in [6.07, 6.45) is 12.8. The van der Waals surface area contributed by atoms with E-state index in [0.717, 1.165) is 0 Å². The molecule has 2 heteroatoms. The van der Waals surface area contributed by atoms with Crippen molar-refractivity contribution in [3.05, 3.63) is 0 Å². The van der Waals surface area contributed by atoms with Gasteiger partial charge in [-0.3, -0.25) is 0 Å². The minimum atomic E-state index is 0.393. The van der Waals surface area contributed by atoms with E-state index in [9.17, 15) is 0 Å². The molecule has 0 saturated carbocycles. The molecule has 0 saturated heterocycles. The molecule has 0 bridgehead atoms. The van der Waals surface area contributed by atoms with Gasteiger partial charge in [0.2, 0.25) is 0 Å². The van der Waals surface area contributed by atoms with Gasteiger partial charge in [0.1, 0.15) is 0 Å². The highest BCUT2D eigenvalue weighted by Crippen LogP contribution is 2.15. The predicted octanol–water partition coefficient (Wildman–Crippen LogP) is 5.15. The van der Waals surface area contributed by atoms with Crippen LogP contribution in [-0.2, 0) is 0 Å². The highest BCUT2D eigenvalue weighted by molar-refractivity contribution is 4.57. The van der Waals surface area contributed by atoms with Gasteiger partial charge in [-0.25, -0.2) is 0 Å². The van der Waals surface area contributed by atoms with E-state index in [-0.39, 0.29) is 0 Å². The third kappa shape index (κ3) is 20.2. The van der Waals surface area contributed by atoms with Crippen LogP contribution in [0.15, 0.2) is 0 Å². The van der Waals surface area contributed by atoms with Crippen LogP contribution in [0, 0.1) is 5.92 Å². The Morgan fingerprint density at radius 2 is 1.30 bits per heavy atom.